The summed E-state index contributed by atoms with van der Waals surface area (Å²) < 4.78 is 0. The van der Waals surface area contributed by atoms with E-state index in [1.807, 2.05) is 24.3 Å². The Morgan fingerprint density at radius 2 is 2.09 bits per heavy atom. The van der Waals surface area contributed by atoms with Gasteiger partial charge in [-0.3, -0.25) is 4.79 Å². The standard InChI is InChI=1S/C10H10O/c11-10-7-6-8-4-2-1-3-5-9(8)10/h1-5,9H,6-7H2. The van der Waals surface area contributed by atoms with Crippen LogP contribution in [0.25, 0.3) is 0 Å². The average molecular weight is 146 g/mol. The Labute approximate surface area is 66.1 Å². The van der Waals surface area contributed by atoms with Gasteiger partial charge in [-0.1, -0.05) is 36.0 Å². The maximum Gasteiger partial charge on any atom is 0.144 e. The maximum atomic E-state index is 11.2. The summed E-state index contributed by atoms with van der Waals surface area (Å²) >= 11 is 0. The van der Waals surface area contributed by atoms with E-state index in [-0.39, 0.29) is 5.92 Å². The van der Waals surface area contributed by atoms with E-state index in [9.17, 15) is 4.79 Å². The van der Waals surface area contributed by atoms with Gasteiger partial charge in [0, 0.05) is 6.42 Å². The fourth-order valence-corrected chi connectivity index (χ4v) is 1.62. The molecule has 0 aromatic carbocycles. The van der Waals surface area contributed by atoms with Crippen LogP contribution >= 0.6 is 0 Å². The summed E-state index contributed by atoms with van der Waals surface area (Å²) in [7, 11) is 0. The van der Waals surface area contributed by atoms with Crippen molar-refractivity contribution in [1.82, 2.24) is 0 Å². The Morgan fingerprint density at radius 1 is 1.18 bits per heavy atom. The molecule has 1 fully saturated rings. The van der Waals surface area contributed by atoms with Gasteiger partial charge >= 0.3 is 0 Å². The molecule has 1 atom stereocenters. The lowest BCUT2D eigenvalue weighted by molar-refractivity contribution is -0.119. The van der Waals surface area contributed by atoms with Gasteiger partial charge in [-0.25, -0.2) is 0 Å². The van der Waals surface area contributed by atoms with Crippen LogP contribution in [-0.4, -0.2) is 5.78 Å². The van der Waals surface area contributed by atoms with Gasteiger partial charge in [0.2, 0.25) is 0 Å². The van der Waals surface area contributed by atoms with Crippen LogP contribution in [-0.2, 0) is 4.79 Å². The van der Waals surface area contributed by atoms with Gasteiger partial charge in [0.15, 0.2) is 0 Å². The first-order chi connectivity index (χ1) is 5.38. The second-order valence-corrected chi connectivity index (χ2v) is 2.96. The Hall–Kier alpha value is -1.11. The Balaban J connectivity index is 2.37. The normalized spacial score (nSPS) is 28.2. The third kappa shape index (κ3) is 1.07. The monoisotopic (exact) mass is 146 g/mol. The van der Waals surface area contributed by atoms with Gasteiger partial charge in [-0.05, 0) is 6.42 Å². The van der Waals surface area contributed by atoms with Crippen molar-refractivity contribution in [1.29, 1.82) is 0 Å². The minimum Gasteiger partial charge on any atom is -0.299 e. The lowest BCUT2D eigenvalue weighted by Crippen LogP contribution is -2.03. The van der Waals surface area contributed by atoms with Crippen molar-refractivity contribution in [3.8, 4) is 0 Å². The summed E-state index contributed by atoms with van der Waals surface area (Å²) in [4.78, 5) is 11.2. The highest BCUT2D eigenvalue weighted by Crippen LogP contribution is 2.29. The number of Topliss-reactive ketones (excluding diaryl/α,β-unsaturated/α-hetero) is 1. The van der Waals surface area contributed by atoms with Crippen molar-refractivity contribution < 1.29 is 4.79 Å². The third-order valence-corrected chi connectivity index (χ3v) is 2.24. The predicted octanol–water partition coefficient (Wildman–Crippen LogP) is 2.02. The fraction of sp³-hybridized carbons (Fsp3) is 0.300. The van der Waals surface area contributed by atoms with E-state index in [2.05, 4.69) is 6.08 Å². The van der Waals surface area contributed by atoms with Crippen LogP contribution in [0.3, 0.4) is 0 Å². The molecule has 0 saturated heterocycles. The number of allylic oxidation sites excluding steroid dienone is 6. The lowest BCUT2D eigenvalue weighted by Gasteiger charge is -2.00. The molecule has 56 valence electrons. The Kier molecular flexibility index (Phi) is 1.50. The van der Waals surface area contributed by atoms with E-state index < -0.39 is 0 Å². The van der Waals surface area contributed by atoms with Gasteiger partial charge < -0.3 is 0 Å². The van der Waals surface area contributed by atoms with Crippen molar-refractivity contribution >= 4 is 5.78 Å². The molecular formula is C10H10O. The van der Waals surface area contributed by atoms with E-state index in [1.54, 1.807) is 0 Å². The van der Waals surface area contributed by atoms with Crippen LogP contribution in [0.5, 0.6) is 0 Å². The molecule has 2 aliphatic rings. The van der Waals surface area contributed by atoms with E-state index >= 15 is 0 Å². The first-order valence-corrected chi connectivity index (χ1v) is 3.94. The van der Waals surface area contributed by atoms with E-state index in [4.69, 9.17) is 0 Å². The third-order valence-electron chi connectivity index (χ3n) is 2.24. The minimum atomic E-state index is 0.102. The smallest absolute Gasteiger partial charge is 0.144 e. The van der Waals surface area contributed by atoms with Gasteiger partial charge in [-0.2, -0.15) is 0 Å². The minimum absolute atomic E-state index is 0.102. The van der Waals surface area contributed by atoms with Crippen molar-refractivity contribution in [2.45, 2.75) is 12.8 Å². The molecule has 2 aliphatic carbocycles. The molecule has 1 heteroatoms. The van der Waals surface area contributed by atoms with Crippen LogP contribution in [0.15, 0.2) is 36.0 Å². The van der Waals surface area contributed by atoms with E-state index in [0.29, 0.717) is 5.78 Å². The van der Waals surface area contributed by atoms with Crippen molar-refractivity contribution in [2.24, 2.45) is 5.92 Å². The number of hydrogen-bond acceptors (Lipinski definition) is 1. The molecule has 0 radical (unpaired) electrons. The number of fused-ring (bicyclic) bond motifs is 1. The van der Waals surface area contributed by atoms with Crippen molar-refractivity contribution in [3.63, 3.8) is 0 Å². The van der Waals surface area contributed by atoms with Crippen LogP contribution in [0, 0.1) is 5.92 Å². The first kappa shape index (κ1) is 6.59. The number of rotatable bonds is 0. The molecule has 0 aliphatic heterocycles. The SMILES string of the molecule is O=C1CCC2=CC=CC=CC12. The molecule has 0 bridgehead atoms. The molecule has 0 spiro atoms. The van der Waals surface area contributed by atoms with Crippen molar-refractivity contribution in [2.75, 3.05) is 0 Å². The summed E-state index contributed by atoms with van der Waals surface area (Å²) in [5, 5.41) is 0. The molecule has 11 heavy (non-hydrogen) atoms. The zero-order valence-electron chi connectivity index (χ0n) is 6.29. The van der Waals surface area contributed by atoms with E-state index in [1.165, 1.54) is 5.57 Å². The Bertz CT molecular complexity index is 269. The van der Waals surface area contributed by atoms with Gasteiger partial charge in [-0.15, -0.1) is 0 Å². The molecule has 1 unspecified atom stereocenters. The maximum absolute atomic E-state index is 11.2. The summed E-state index contributed by atoms with van der Waals surface area (Å²) in [6, 6.07) is 0. The van der Waals surface area contributed by atoms with Gasteiger partial charge in [0.1, 0.15) is 5.78 Å². The van der Waals surface area contributed by atoms with Gasteiger partial charge in [0.05, 0.1) is 5.92 Å². The van der Waals surface area contributed by atoms with Gasteiger partial charge in [0.25, 0.3) is 0 Å². The number of carbonyl (C=O) groups excluding carboxylic acids is 1. The molecule has 0 heterocycles. The predicted molar refractivity (Wildman–Crippen MR) is 44.1 cm³/mol. The molecule has 1 nitrogen and oxygen atoms in total. The van der Waals surface area contributed by atoms with Crippen LogP contribution in [0.2, 0.25) is 0 Å². The second kappa shape index (κ2) is 2.50. The summed E-state index contributed by atoms with van der Waals surface area (Å²) in [6.07, 6.45) is 11.7. The number of carbonyl (C=O) groups is 1. The topological polar surface area (TPSA) is 17.1 Å². The number of hydrogen-bond donors (Lipinski definition) is 0. The summed E-state index contributed by atoms with van der Waals surface area (Å²) in [5.41, 5.74) is 1.28. The second-order valence-electron chi connectivity index (χ2n) is 2.96. The first-order valence-electron chi connectivity index (χ1n) is 3.94. The summed E-state index contributed by atoms with van der Waals surface area (Å²) in [5.74, 6) is 0.473. The summed E-state index contributed by atoms with van der Waals surface area (Å²) in [6.45, 7) is 0. The molecular weight excluding hydrogens is 136 g/mol. The highest BCUT2D eigenvalue weighted by atomic mass is 16.1. The molecule has 0 amide bonds. The molecule has 0 N–H and O–H groups in total. The average Bonchev–Trinajstić information content (AvgIpc) is 2.25. The molecule has 2 rings (SSSR count). The van der Waals surface area contributed by atoms with Crippen LogP contribution in [0.1, 0.15) is 12.8 Å². The number of ketones is 1. The Morgan fingerprint density at radius 3 is 3.00 bits per heavy atom. The molecule has 1 saturated carbocycles. The highest BCUT2D eigenvalue weighted by Gasteiger charge is 2.26. The molecule has 0 aromatic heterocycles. The molecule has 0 aromatic rings. The zero-order chi connectivity index (χ0) is 7.68. The quantitative estimate of drug-likeness (QED) is 0.511. The largest absolute Gasteiger partial charge is 0.299 e. The highest BCUT2D eigenvalue weighted by molar-refractivity contribution is 5.89. The van der Waals surface area contributed by atoms with E-state index in [0.717, 1.165) is 12.8 Å². The fourth-order valence-electron chi connectivity index (χ4n) is 1.62. The lowest BCUT2D eigenvalue weighted by atomic mass is 10.0. The zero-order valence-corrected chi connectivity index (χ0v) is 6.29. The van der Waals surface area contributed by atoms with Crippen LogP contribution in [0.4, 0.5) is 0 Å². The van der Waals surface area contributed by atoms with Crippen molar-refractivity contribution in [3.05, 3.63) is 36.0 Å². The van der Waals surface area contributed by atoms with Crippen LogP contribution < -0.4 is 0 Å².